The summed E-state index contributed by atoms with van der Waals surface area (Å²) in [6.45, 7) is 15.5. The first kappa shape index (κ1) is 47.6. The van der Waals surface area contributed by atoms with Crippen molar-refractivity contribution in [3.8, 4) is 0 Å². The largest absolute Gasteiger partial charge is 0.465 e. The second-order valence-electron chi connectivity index (χ2n) is 16.1. The van der Waals surface area contributed by atoms with Crippen LogP contribution in [0.15, 0.2) is 12.4 Å². The van der Waals surface area contributed by atoms with Crippen molar-refractivity contribution in [2.75, 3.05) is 26.2 Å². The van der Waals surface area contributed by atoms with Gasteiger partial charge in [0.05, 0.1) is 18.6 Å². The van der Waals surface area contributed by atoms with Gasteiger partial charge in [0.2, 0.25) is 0 Å². The Hall–Kier alpha value is -1.40. The maximum Gasteiger partial charge on any atom is 0.308 e. The number of aromatic nitrogens is 2. The monoisotopic (exact) mass is 718 g/mol. The van der Waals surface area contributed by atoms with Crippen LogP contribution in [0.4, 0.5) is 0 Å². The highest BCUT2D eigenvalue weighted by Crippen LogP contribution is 2.21. The zero-order chi connectivity index (χ0) is 37.2. The van der Waals surface area contributed by atoms with E-state index >= 15 is 0 Å². The van der Waals surface area contributed by atoms with Crippen LogP contribution in [-0.2, 0) is 16.1 Å². The molecule has 1 aromatic rings. The van der Waals surface area contributed by atoms with Gasteiger partial charge in [-0.05, 0) is 51.6 Å². The Kier molecular flexibility index (Phi) is 32.1. The van der Waals surface area contributed by atoms with E-state index in [2.05, 4.69) is 55.3 Å². The summed E-state index contributed by atoms with van der Waals surface area (Å²) < 4.78 is 8.15. The Morgan fingerprint density at radius 3 is 1.71 bits per heavy atom. The van der Waals surface area contributed by atoms with Gasteiger partial charge < -0.3 is 19.3 Å². The van der Waals surface area contributed by atoms with Gasteiger partial charge in [0.1, 0.15) is 5.82 Å². The van der Waals surface area contributed by atoms with E-state index in [9.17, 15) is 9.90 Å². The smallest absolute Gasteiger partial charge is 0.308 e. The van der Waals surface area contributed by atoms with Gasteiger partial charge in [-0.3, -0.25) is 4.79 Å². The standard InChI is InChI=1S/C45H87N3O3/c1-6-9-12-15-17-18-19-20-22-27-33-43(49)40-47(36-30-37-48-38-34-46-44(48)41(4)5)35-28-23-24-29-39-51-45(50)42(31-25-14-11-8-3)32-26-21-16-13-10-7-2/h34,38,41-43,49H,6-33,35-37,39-40H2,1-5H3. The summed E-state index contributed by atoms with van der Waals surface area (Å²) in [5.41, 5.74) is 0. The fourth-order valence-corrected chi connectivity index (χ4v) is 7.48. The average molecular weight is 718 g/mol. The predicted octanol–water partition coefficient (Wildman–Crippen LogP) is 12.8. The molecule has 6 nitrogen and oxygen atoms in total. The number of aryl methyl sites for hydroxylation is 1. The van der Waals surface area contributed by atoms with Crippen molar-refractivity contribution in [3.05, 3.63) is 18.2 Å². The summed E-state index contributed by atoms with van der Waals surface area (Å²) in [5, 5.41) is 11.0. The summed E-state index contributed by atoms with van der Waals surface area (Å²) in [7, 11) is 0. The highest BCUT2D eigenvalue weighted by atomic mass is 16.5. The van der Waals surface area contributed by atoms with Gasteiger partial charge in [-0.15, -0.1) is 0 Å². The molecule has 0 aliphatic rings. The van der Waals surface area contributed by atoms with Gasteiger partial charge in [-0.25, -0.2) is 4.98 Å². The maximum absolute atomic E-state index is 13.0. The second-order valence-corrected chi connectivity index (χ2v) is 16.1. The van der Waals surface area contributed by atoms with E-state index in [0.717, 1.165) is 103 Å². The molecule has 51 heavy (non-hydrogen) atoms. The summed E-state index contributed by atoms with van der Waals surface area (Å²) >= 11 is 0. The SMILES string of the molecule is CCCCCCCCCCCCC(O)CN(CCCCCCOC(=O)C(CCCCCC)CCCCCCCC)CCCn1ccnc1C(C)C. The van der Waals surface area contributed by atoms with Crippen LogP contribution in [0.5, 0.6) is 0 Å². The summed E-state index contributed by atoms with van der Waals surface area (Å²) in [4.78, 5) is 20.1. The van der Waals surface area contributed by atoms with E-state index in [4.69, 9.17) is 4.74 Å². The molecular weight excluding hydrogens is 631 g/mol. The van der Waals surface area contributed by atoms with Gasteiger partial charge in [0.15, 0.2) is 0 Å². The molecule has 2 atom stereocenters. The van der Waals surface area contributed by atoms with Crippen molar-refractivity contribution in [2.45, 2.75) is 233 Å². The van der Waals surface area contributed by atoms with E-state index < -0.39 is 0 Å². The molecular formula is C45H87N3O3. The third kappa shape index (κ3) is 26.9. The van der Waals surface area contributed by atoms with Crippen molar-refractivity contribution >= 4 is 5.97 Å². The first-order valence-corrected chi connectivity index (χ1v) is 22.5. The molecule has 1 heterocycles. The molecule has 1 N–H and O–H groups in total. The molecule has 1 aromatic heterocycles. The molecule has 2 unspecified atom stereocenters. The van der Waals surface area contributed by atoms with Crippen LogP contribution in [0.25, 0.3) is 0 Å². The fourth-order valence-electron chi connectivity index (χ4n) is 7.48. The van der Waals surface area contributed by atoms with Crippen molar-refractivity contribution in [2.24, 2.45) is 5.92 Å². The Bertz CT molecular complexity index is 888. The lowest BCUT2D eigenvalue weighted by atomic mass is 9.94. The Labute approximate surface area is 317 Å². The van der Waals surface area contributed by atoms with Gasteiger partial charge in [0, 0.05) is 31.4 Å². The first-order valence-electron chi connectivity index (χ1n) is 22.5. The number of esters is 1. The highest BCUT2D eigenvalue weighted by molar-refractivity contribution is 5.72. The van der Waals surface area contributed by atoms with Gasteiger partial charge in [0.25, 0.3) is 0 Å². The number of hydrogen-bond donors (Lipinski definition) is 1. The molecule has 0 aliphatic carbocycles. The third-order valence-corrected chi connectivity index (χ3v) is 10.8. The number of aliphatic hydroxyl groups is 1. The van der Waals surface area contributed by atoms with Gasteiger partial charge in [-0.2, -0.15) is 0 Å². The van der Waals surface area contributed by atoms with Crippen LogP contribution in [0, 0.1) is 5.92 Å². The summed E-state index contributed by atoms with van der Waals surface area (Å²) in [6, 6.07) is 0. The van der Waals surface area contributed by atoms with Gasteiger partial charge in [-0.1, -0.05) is 176 Å². The molecule has 1 rings (SSSR count). The molecule has 0 spiro atoms. The fraction of sp³-hybridized carbons (Fsp3) is 0.911. The Balaban J connectivity index is 2.42. The van der Waals surface area contributed by atoms with Crippen LogP contribution in [0.2, 0.25) is 0 Å². The molecule has 0 aliphatic heterocycles. The van der Waals surface area contributed by atoms with E-state index in [-0.39, 0.29) is 18.0 Å². The van der Waals surface area contributed by atoms with Gasteiger partial charge >= 0.3 is 5.97 Å². The van der Waals surface area contributed by atoms with Crippen LogP contribution in [0.3, 0.4) is 0 Å². The molecule has 0 aromatic carbocycles. The van der Waals surface area contributed by atoms with Crippen LogP contribution in [0.1, 0.15) is 226 Å². The number of imidazole rings is 1. The number of carbonyl (C=O) groups excluding carboxylic acids is 1. The zero-order valence-corrected chi connectivity index (χ0v) is 34.8. The van der Waals surface area contributed by atoms with Crippen LogP contribution < -0.4 is 0 Å². The minimum atomic E-state index is -0.246. The van der Waals surface area contributed by atoms with Crippen molar-refractivity contribution < 1.29 is 14.6 Å². The normalized spacial score (nSPS) is 13.0. The molecule has 300 valence electrons. The minimum absolute atomic E-state index is 0.0566. The third-order valence-electron chi connectivity index (χ3n) is 10.8. The van der Waals surface area contributed by atoms with E-state index in [1.54, 1.807) is 0 Å². The number of rotatable bonds is 38. The van der Waals surface area contributed by atoms with Crippen molar-refractivity contribution in [1.29, 1.82) is 0 Å². The quantitative estimate of drug-likeness (QED) is 0.0545. The Morgan fingerprint density at radius 2 is 1.14 bits per heavy atom. The molecule has 0 fully saturated rings. The predicted molar refractivity (Wildman–Crippen MR) is 220 cm³/mol. The molecule has 0 amide bonds. The topological polar surface area (TPSA) is 67.6 Å². The number of hydrogen-bond acceptors (Lipinski definition) is 5. The number of unbranched alkanes of at least 4 members (excludes halogenated alkanes) is 20. The second kappa shape index (κ2) is 34.4. The Morgan fingerprint density at radius 1 is 0.667 bits per heavy atom. The first-order chi connectivity index (χ1) is 24.9. The number of nitrogens with zero attached hydrogens (tertiary/aromatic N) is 3. The van der Waals surface area contributed by atoms with E-state index in [1.165, 1.54) is 109 Å². The number of ether oxygens (including phenoxy) is 1. The molecule has 0 saturated heterocycles. The highest BCUT2D eigenvalue weighted by Gasteiger charge is 2.19. The number of aliphatic hydroxyl groups excluding tert-OH is 1. The molecule has 0 saturated carbocycles. The number of carbonyl (C=O) groups is 1. The summed E-state index contributed by atoms with van der Waals surface area (Å²) in [6.07, 6.45) is 37.8. The lowest BCUT2D eigenvalue weighted by Gasteiger charge is -2.25. The zero-order valence-electron chi connectivity index (χ0n) is 34.8. The molecule has 6 heteroatoms. The summed E-state index contributed by atoms with van der Waals surface area (Å²) in [5.74, 6) is 1.73. The lowest BCUT2D eigenvalue weighted by molar-refractivity contribution is -0.149. The molecule has 0 radical (unpaired) electrons. The van der Waals surface area contributed by atoms with Crippen molar-refractivity contribution in [1.82, 2.24) is 14.5 Å². The van der Waals surface area contributed by atoms with E-state index in [0.29, 0.717) is 12.5 Å². The lowest BCUT2D eigenvalue weighted by Crippen LogP contribution is -2.34. The minimum Gasteiger partial charge on any atom is -0.465 e. The van der Waals surface area contributed by atoms with E-state index in [1.807, 2.05) is 6.20 Å². The van der Waals surface area contributed by atoms with Crippen molar-refractivity contribution in [3.63, 3.8) is 0 Å². The van der Waals surface area contributed by atoms with Crippen LogP contribution in [-0.4, -0.2) is 57.9 Å². The maximum atomic E-state index is 13.0. The van der Waals surface area contributed by atoms with Crippen LogP contribution >= 0.6 is 0 Å². The average Bonchev–Trinajstić information content (AvgIpc) is 3.60. The molecule has 0 bridgehead atoms.